The maximum absolute atomic E-state index is 13.7. The Balaban J connectivity index is 1.72. The summed E-state index contributed by atoms with van der Waals surface area (Å²) in [5.74, 6) is -3.01. The van der Waals surface area contributed by atoms with E-state index in [1.54, 1.807) is 0 Å². The third-order valence-electron chi connectivity index (χ3n) is 3.95. The molecule has 1 aliphatic rings. The van der Waals surface area contributed by atoms with Gasteiger partial charge >= 0.3 is 0 Å². The molecule has 142 valence electrons. The maximum Gasteiger partial charge on any atom is 0.254 e. The number of rotatable bonds is 6. The summed E-state index contributed by atoms with van der Waals surface area (Å²) in [7, 11) is 0. The van der Waals surface area contributed by atoms with E-state index in [2.05, 4.69) is 31.2 Å². The van der Waals surface area contributed by atoms with Crippen LogP contribution in [0, 0.1) is 17.6 Å². The highest BCUT2D eigenvalue weighted by molar-refractivity contribution is 9.10. The number of aromatic nitrogens is 2. The SMILES string of the molecule is O=C(CN(C[C@@H]1C[C@@H]1F)C(=O)c1ccc(Br)c(F)c1)Nc1ncc(F)cn1. The number of carbonyl (C=O) groups is 2. The molecule has 0 spiro atoms. The zero-order chi connectivity index (χ0) is 19.6. The van der Waals surface area contributed by atoms with Crippen LogP contribution in [0.3, 0.4) is 0 Å². The summed E-state index contributed by atoms with van der Waals surface area (Å²) in [6.07, 6.45) is 1.05. The Kier molecular flexibility index (Phi) is 5.73. The molecule has 0 bridgehead atoms. The van der Waals surface area contributed by atoms with Crippen LogP contribution >= 0.6 is 15.9 Å². The Labute approximate surface area is 160 Å². The first kappa shape index (κ1) is 19.3. The number of alkyl halides is 1. The molecule has 1 aliphatic carbocycles. The average molecular weight is 443 g/mol. The van der Waals surface area contributed by atoms with Gasteiger partial charge in [-0.05, 0) is 40.5 Å². The van der Waals surface area contributed by atoms with Gasteiger partial charge in [-0.15, -0.1) is 0 Å². The number of carbonyl (C=O) groups excluding carboxylic acids is 2. The molecule has 2 aromatic rings. The fourth-order valence-corrected chi connectivity index (χ4v) is 2.67. The predicted molar refractivity (Wildman–Crippen MR) is 93.6 cm³/mol. The molecule has 0 aliphatic heterocycles. The number of halogens is 4. The van der Waals surface area contributed by atoms with Crippen LogP contribution in [0.2, 0.25) is 0 Å². The number of amides is 2. The Morgan fingerprint density at radius 2 is 1.93 bits per heavy atom. The van der Waals surface area contributed by atoms with Gasteiger partial charge in [0.05, 0.1) is 16.9 Å². The summed E-state index contributed by atoms with van der Waals surface area (Å²) >= 11 is 3.00. The fraction of sp³-hybridized carbons (Fsp3) is 0.294. The normalized spacial score (nSPS) is 18.1. The van der Waals surface area contributed by atoms with Crippen LogP contribution in [0.25, 0.3) is 0 Å². The lowest BCUT2D eigenvalue weighted by Crippen LogP contribution is -2.39. The van der Waals surface area contributed by atoms with Crippen molar-refractivity contribution >= 4 is 33.7 Å². The highest BCUT2D eigenvalue weighted by atomic mass is 79.9. The highest BCUT2D eigenvalue weighted by Gasteiger charge is 2.40. The first-order valence-electron chi connectivity index (χ1n) is 7.99. The van der Waals surface area contributed by atoms with Crippen molar-refractivity contribution in [3.63, 3.8) is 0 Å². The van der Waals surface area contributed by atoms with Gasteiger partial charge in [0.2, 0.25) is 11.9 Å². The van der Waals surface area contributed by atoms with Gasteiger partial charge in [0.15, 0.2) is 5.82 Å². The van der Waals surface area contributed by atoms with Crippen molar-refractivity contribution in [2.45, 2.75) is 12.6 Å². The predicted octanol–water partition coefficient (Wildman–Crippen LogP) is 2.96. The minimum Gasteiger partial charge on any atom is -0.329 e. The van der Waals surface area contributed by atoms with E-state index < -0.39 is 36.2 Å². The molecular weight excluding hydrogens is 429 g/mol. The number of anilines is 1. The van der Waals surface area contributed by atoms with Crippen LogP contribution in [-0.2, 0) is 4.79 Å². The Bertz CT molecular complexity index is 866. The standard InChI is InChI=1S/C17H14BrF3N4O2/c18-12-2-1-9(3-14(12)21)16(27)25(7-10-4-13(10)20)8-15(26)24-17-22-5-11(19)6-23-17/h1-3,5-6,10,13H,4,7-8H2,(H,22,23,24,26)/t10-,13-/m0/s1. The van der Waals surface area contributed by atoms with Crippen molar-refractivity contribution in [3.05, 3.63) is 52.3 Å². The first-order valence-corrected chi connectivity index (χ1v) is 8.78. The van der Waals surface area contributed by atoms with Gasteiger partial charge in [0, 0.05) is 18.0 Å². The summed E-state index contributed by atoms with van der Waals surface area (Å²) in [4.78, 5) is 33.2. The zero-order valence-corrected chi connectivity index (χ0v) is 15.4. The highest BCUT2D eigenvalue weighted by Crippen LogP contribution is 2.34. The van der Waals surface area contributed by atoms with E-state index in [4.69, 9.17) is 0 Å². The average Bonchev–Trinajstić information content (AvgIpc) is 3.33. The Morgan fingerprint density at radius 3 is 2.52 bits per heavy atom. The largest absolute Gasteiger partial charge is 0.329 e. The summed E-state index contributed by atoms with van der Waals surface area (Å²) in [5.41, 5.74) is 0.0394. The number of hydrogen-bond acceptors (Lipinski definition) is 4. The third-order valence-corrected chi connectivity index (χ3v) is 4.59. The van der Waals surface area contributed by atoms with E-state index in [1.807, 2.05) is 0 Å². The number of hydrogen-bond donors (Lipinski definition) is 1. The Morgan fingerprint density at radius 1 is 1.26 bits per heavy atom. The fourth-order valence-electron chi connectivity index (χ4n) is 2.43. The molecule has 27 heavy (non-hydrogen) atoms. The molecule has 3 rings (SSSR count). The number of nitrogens with zero attached hydrogens (tertiary/aromatic N) is 3. The molecule has 2 amide bonds. The van der Waals surface area contributed by atoms with Crippen LogP contribution in [0.15, 0.2) is 35.1 Å². The maximum atomic E-state index is 13.7. The van der Waals surface area contributed by atoms with Gasteiger partial charge in [-0.1, -0.05) is 0 Å². The van der Waals surface area contributed by atoms with Crippen molar-refractivity contribution < 1.29 is 22.8 Å². The van der Waals surface area contributed by atoms with E-state index in [9.17, 15) is 22.8 Å². The second-order valence-electron chi connectivity index (χ2n) is 6.10. The molecule has 10 heteroatoms. The van der Waals surface area contributed by atoms with Gasteiger partial charge in [-0.25, -0.2) is 23.1 Å². The third kappa shape index (κ3) is 5.03. The van der Waals surface area contributed by atoms with E-state index in [1.165, 1.54) is 12.1 Å². The van der Waals surface area contributed by atoms with Crippen LogP contribution < -0.4 is 5.32 Å². The first-order chi connectivity index (χ1) is 12.8. The lowest BCUT2D eigenvalue weighted by molar-refractivity contribution is -0.117. The van der Waals surface area contributed by atoms with Crippen molar-refractivity contribution in [2.75, 3.05) is 18.4 Å². The van der Waals surface area contributed by atoms with Gasteiger partial charge in [0.25, 0.3) is 5.91 Å². The van der Waals surface area contributed by atoms with Gasteiger partial charge in [0.1, 0.15) is 18.5 Å². The van der Waals surface area contributed by atoms with Gasteiger partial charge < -0.3 is 4.90 Å². The smallest absolute Gasteiger partial charge is 0.254 e. The van der Waals surface area contributed by atoms with Crippen LogP contribution in [-0.4, -0.2) is 45.9 Å². The molecule has 1 heterocycles. The van der Waals surface area contributed by atoms with E-state index in [0.717, 1.165) is 23.4 Å². The van der Waals surface area contributed by atoms with Crippen molar-refractivity contribution in [1.29, 1.82) is 0 Å². The molecule has 1 aromatic heterocycles. The number of benzene rings is 1. The second-order valence-corrected chi connectivity index (χ2v) is 6.95. The van der Waals surface area contributed by atoms with E-state index >= 15 is 0 Å². The van der Waals surface area contributed by atoms with Crippen LogP contribution in [0.4, 0.5) is 19.1 Å². The van der Waals surface area contributed by atoms with E-state index in [-0.39, 0.29) is 28.4 Å². The quantitative estimate of drug-likeness (QED) is 0.745. The van der Waals surface area contributed by atoms with Crippen molar-refractivity contribution in [2.24, 2.45) is 5.92 Å². The molecule has 1 saturated carbocycles. The van der Waals surface area contributed by atoms with E-state index in [0.29, 0.717) is 6.42 Å². The number of nitrogens with one attached hydrogen (secondary N) is 1. The minimum absolute atomic E-state index is 0.0232. The molecule has 1 aromatic carbocycles. The van der Waals surface area contributed by atoms with Gasteiger partial charge in [-0.3, -0.25) is 14.9 Å². The van der Waals surface area contributed by atoms with Crippen molar-refractivity contribution in [3.8, 4) is 0 Å². The van der Waals surface area contributed by atoms with Gasteiger partial charge in [-0.2, -0.15) is 0 Å². The molecule has 1 N–H and O–H groups in total. The molecule has 0 radical (unpaired) electrons. The Hall–Kier alpha value is -2.49. The zero-order valence-electron chi connectivity index (χ0n) is 13.8. The van der Waals surface area contributed by atoms with Crippen LogP contribution in [0.1, 0.15) is 16.8 Å². The van der Waals surface area contributed by atoms with Crippen LogP contribution in [0.5, 0.6) is 0 Å². The summed E-state index contributed by atoms with van der Waals surface area (Å²) in [6.45, 7) is -0.379. The minimum atomic E-state index is -1.02. The molecule has 6 nitrogen and oxygen atoms in total. The summed E-state index contributed by atoms with van der Waals surface area (Å²) in [5, 5.41) is 2.33. The van der Waals surface area contributed by atoms with Crippen molar-refractivity contribution in [1.82, 2.24) is 14.9 Å². The lowest BCUT2D eigenvalue weighted by Gasteiger charge is -2.22. The monoisotopic (exact) mass is 442 g/mol. The second kappa shape index (κ2) is 8.03. The molecule has 0 saturated heterocycles. The molecule has 2 atom stereocenters. The summed E-state index contributed by atoms with van der Waals surface area (Å²) in [6, 6.07) is 3.83. The molecule has 1 fully saturated rings. The molecular formula is C17H14BrF3N4O2. The summed E-state index contributed by atoms with van der Waals surface area (Å²) < 4.78 is 40.0. The topological polar surface area (TPSA) is 75.2 Å². The lowest BCUT2D eigenvalue weighted by atomic mass is 10.2. The molecule has 0 unspecified atom stereocenters.